The third-order valence-corrected chi connectivity index (χ3v) is 3.78. The second-order valence-corrected chi connectivity index (χ2v) is 5.23. The van der Waals surface area contributed by atoms with Gasteiger partial charge in [-0.3, -0.25) is 24.6 Å². The van der Waals surface area contributed by atoms with E-state index in [-0.39, 0.29) is 11.9 Å². The lowest BCUT2D eigenvalue weighted by molar-refractivity contribution is -0.125. The Balaban J connectivity index is 2.71. The van der Waals surface area contributed by atoms with Crippen molar-refractivity contribution in [2.24, 2.45) is 0 Å². The van der Waals surface area contributed by atoms with Gasteiger partial charge in [0.25, 0.3) is 0 Å². The normalized spacial score (nSPS) is 11.8. The summed E-state index contributed by atoms with van der Waals surface area (Å²) in [7, 11) is 3.77. The first-order valence-corrected chi connectivity index (χ1v) is 7.21. The summed E-state index contributed by atoms with van der Waals surface area (Å²) in [5, 5.41) is 5.22. The number of benzene rings is 1. The molecule has 2 N–H and O–H groups in total. The molecule has 0 aromatic heterocycles. The third-order valence-electron chi connectivity index (χ3n) is 3.78. The van der Waals surface area contributed by atoms with E-state index in [1.807, 2.05) is 33.2 Å². The first-order chi connectivity index (χ1) is 10.5. The Labute approximate surface area is 130 Å². The van der Waals surface area contributed by atoms with Crippen LogP contribution in [0.2, 0.25) is 0 Å². The lowest BCUT2D eigenvalue weighted by Crippen LogP contribution is -2.31. The number of carbonyl (C=O) groups excluding carboxylic acids is 3. The molecule has 1 aromatic rings. The van der Waals surface area contributed by atoms with E-state index in [1.165, 1.54) is 0 Å². The quantitative estimate of drug-likeness (QED) is 0.675. The van der Waals surface area contributed by atoms with Crippen LogP contribution in [-0.4, -0.2) is 43.6 Å². The summed E-state index contributed by atoms with van der Waals surface area (Å²) in [6.45, 7) is 2.61. The van der Waals surface area contributed by atoms with E-state index in [0.717, 1.165) is 17.5 Å². The maximum Gasteiger partial charge on any atom is 0.226 e. The van der Waals surface area contributed by atoms with Gasteiger partial charge in [-0.1, -0.05) is 12.1 Å². The number of anilines is 1. The highest BCUT2D eigenvalue weighted by molar-refractivity contribution is 5.85. The van der Waals surface area contributed by atoms with Crippen LogP contribution in [0.3, 0.4) is 0 Å². The van der Waals surface area contributed by atoms with Crippen molar-refractivity contribution in [1.29, 1.82) is 0 Å². The standard InChI is InChI=1S/C16H23N3O3/c1-12(7-8-16(22)18-11-21)19(3)9-14-13(10-20)5-4-6-15(14)17-2/h4-6,10-12,17H,7-9H2,1-3H3,(H,18,21,22). The fourth-order valence-electron chi connectivity index (χ4n) is 2.23. The number of nitrogens with one attached hydrogen (secondary N) is 2. The van der Waals surface area contributed by atoms with Crippen molar-refractivity contribution in [3.05, 3.63) is 29.3 Å². The van der Waals surface area contributed by atoms with Crippen LogP contribution in [0.4, 0.5) is 5.69 Å². The van der Waals surface area contributed by atoms with E-state index in [0.29, 0.717) is 31.4 Å². The molecule has 0 aliphatic rings. The number of carbonyl (C=O) groups is 3. The molecular formula is C16H23N3O3. The van der Waals surface area contributed by atoms with Gasteiger partial charge in [-0.2, -0.15) is 0 Å². The number of aldehydes is 1. The molecule has 0 aliphatic heterocycles. The van der Waals surface area contributed by atoms with Gasteiger partial charge in [-0.15, -0.1) is 0 Å². The smallest absolute Gasteiger partial charge is 0.226 e. The molecule has 0 fully saturated rings. The molecule has 22 heavy (non-hydrogen) atoms. The van der Waals surface area contributed by atoms with E-state index < -0.39 is 0 Å². The lowest BCUT2D eigenvalue weighted by Gasteiger charge is -2.26. The van der Waals surface area contributed by atoms with Crippen LogP contribution in [0, 0.1) is 0 Å². The van der Waals surface area contributed by atoms with E-state index in [9.17, 15) is 14.4 Å². The van der Waals surface area contributed by atoms with Crippen molar-refractivity contribution < 1.29 is 14.4 Å². The minimum atomic E-state index is -0.278. The lowest BCUT2D eigenvalue weighted by atomic mass is 10.0. The van der Waals surface area contributed by atoms with Gasteiger partial charge in [-0.05, 0) is 32.0 Å². The minimum absolute atomic E-state index is 0.141. The molecule has 1 aromatic carbocycles. The summed E-state index contributed by atoms with van der Waals surface area (Å²) in [5.41, 5.74) is 2.51. The molecule has 6 heteroatoms. The summed E-state index contributed by atoms with van der Waals surface area (Å²) in [4.78, 5) is 34.8. The molecule has 0 radical (unpaired) electrons. The van der Waals surface area contributed by atoms with Crippen molar-refractivity contribution in [3.8, 4) is 0 Å². The number of nitrogens with zero attached hydrogens (tertiary/aromatic N) is 1. The predicted molar refractivity (Wildman–Crippen MR) is 85.7 cm³/mol. The molecule has 0 saturated heterocycles. The third kappa shape index (κ3) is 4.96. The highest BCUT2D eigenvalue weighted by atomic mass is 16.2. The molecule has 2 amide bonds. The Morgan fingerprint density at radius 2 is 2.09 bits per heavy atom. The van der Waals surface area contributed by atoms with Crippen LogP contribution < -0.4 is 10.6 Å². The Morgan fingerprint density at radius 3 is 2.68 bits per heavy atom. The fraction of sp³-hybridized carbons (Fsp3) is 0.438. The minimum Gasteiger partial charge on any atom is -0.388 e. The van der Waals surface area contributed by atoms with Gasteiger partial charge in [0.1, 0.15) is 6.29 Å². The molecule has 0 heterocycles. The first-order valence-electron chi connectivity index (χ1n) is 7.21. The summed E-state index contributed by atoms with van der Waals surface area (Å²) in [6.07, 6.45) is 2.18. The number of imide groups is 1. The van der Waals surface area contributed by atoms with Crippen molar-refractivity contribution in [3.63, 3.8) is 0 Å². The molecule has 1 unspecified atom stereocenters. The largest absolute Gasteiger partial charge is 0.388 e. The molecule has 0 saturated carbocycles. The van der Waals surface area contributed by atoms with Crippen molar-refractivity contribution in [2.75, 3.05) is 19.4 Å². The monoisotopic (exact) mass is 305 g/mol. The number of hydrogen-bond donors (Lipinski definition) is 2. The van der Waals surface area contributed by atoms with Gasteiger partial charge >= 0.3 is 0 Å². The molecule has 1 atom stereocenters. The zero-order chi connectivity index (χ0) is 16.5. The topological polar surface area (TPSA) is 78.5 Å². The Bertz CT molecular complexity index is 531. The average molecular weight is 305 g/mol. The first kappa shape index (κ1) is 17.8. The molecular weight excluding hydrogens is 282 g/mol. The van der Waals surface area contributed by atoms with Crippen LogP contribution in [0.1, 0.15) is 35.7 Å². The van der Waals surface area contributed by atoms with Crippen LogP contribution in [0.15, 0.2) is 18.2 Å². The molecule has 0 aliphatic carbocycles. The van der Waals surface area contributed by atoms with Crippen molar-refractivity contribution >= 4 is 24.3 Å². The van der Waals surface area contributed by atoms with Gasteiger partial charge < -0.3 is 5.32 Å². The Kier molecular flexibility index (Phi) is 7.25. The van der Waals surface area contributed by atoms with E-state index >= 15 is 0 Å². The predicted octanol–water partition coefficient (Wildman–Crippen LogP) is 1.41. The zero-order valence-electron chi connectivity index (χ0n) is 13.3. The average Bonchev–Trinajstić information content (AvgIpc) is 2.52. The van der Waals surface area contributed by atoms with Gasteiger partial charge in [-0.25, -0.2) is 0 Å². The molecule has 1 rings (SSSR count). The van der Waals surface area contributed by atoms with Crippen LogP contribution in [0.25, 0.3) is 0 Å². The number of rotatable bonds is 9. The van der Waals surface area contributed by atoms with Gasteiger partial charge in [0.15, 0.2) is 0 Å². The van der Waals surface area contributed by atoms with E-state index in [1.54, 1.807) is 6.07 Å². The van der Waals surface area contributed by atoms with Crippen LogP contribution >= 0.6 is 0 Å². The van der Waals surface area contributed by atoms with Crippen molar-refractivity contribution in [1.82, 2.24) is 10.2 Å². The van der Waals surface area contributed by atoms with E-state index in [2.05, 4.69) is 15.5 Å². The Hall–Kier alpha value is -2.21. The van der Waals surface area contributed by atoms with E-state index in [4.69, 9.17) is 0 Å². The van der Waals surface area contributed by atoms with Crippen LogP contribution in [-0.2, 0) is 16.1 Å². The highest BCUT2D eigenvalue weighted by Gasteiger charge is 2.15. The molecule has 0 spiro atoms. The SMILES string of the molecule is CNc1cccc(C=O)c1CN(C)C(C)CCC(=O)NC=O. The second-order valence-electron chi connectivity index (χ2n) is 5.23. The van der Waals surface area contributed by atoms with Gasteiger partial charge in [0, 0.05) is 37.3 Å². The number of hydrogen-bond acceptors (Lipinski definition) is 5. The van der Waals surface area contributed by atoms with Crippen LogP contribution in [0.5, 0.6) is 0 Å². The number of amides is 2. The zero-order valence-corrected chi connectivity index (χ0v) is 13.3. The summed E-state index contributed by atoms with van der Waals surface area (Å²) >= 11 is 0. The molecule has 120 valence electrons. The second kappa shape index (κ2) is 8.94. The van der Waals surface area contributed by atoms with Gasteiger partial charge in [0.2, 0.25) is 12.3 Å². The fourth-order valence-corrected chi connectivity index (χ4v) is 2.23. The maximum atomic E-state index is 11.3. The molecule has 0 bridgehead atoms. The highest BCUT2D eigenvalue weighted by Crippen LogP contribution is 2.21. The summed E-state index contributed by atoms with van der Waals surface area (Å²) in [5.74, 6) is -0.278. The van der Waals surface area contributed by atoms with Gasteiger partial charge in [0.05, 0.1) is 0 Å². The van der Waals surface area contributed by atoms with Crippen molar-refractivity contribution in [2.45, 2.75) is 32.4 Å². The summed E-state index contributed by atoms with van der Waals surface area (Å²) < 4.78 is 0. The molecule has 6 nitrogen and oxygen atoms in total. The maximum absolute atomic E-state index is 11.3. The summed E-state index contributed by atoms with van der Waals surface area (Å²) in [6, 6.07) is 5.70. The Morgan fingerprint density at radius 1 is 1.36 bits per heavy atom.